The number of nitrogens with one attached hydrogen (secondary N) is 1. The highest BCUT2D eigenvalue weighted by Gasteiger charge is 2.18. The number of piperidine rings is 1. The molecular weight excluding hydrogens is 294 g/mol. The van der Waals surface area contributed by atoms with Crippen molar-refractivity contribution in [2.45, 2.75) is 31.7 Å². The zero-order valence-electron chi connectivity index (χ0n) is 11.0. The van der Waals surface area contributed by atoms with E-state index in [0.717, 1.165) is 28.9 Å². The van der Waals surface area contributed by atoms with Gasteiger partial charge in [0.1, 0.15) is 11.5 Å². The fourth-order valence-electron chi connectivity index (χ4n) is 2.43. The molecule has 1 heterocycles. The molecule has 0 bridgehead atoms. The Morgan fingerprint density at radius 2 is 2.11 bits per heavy atom. The minimum atomic E-state index is 0.553. The molecule has 1 aliphatic rings. The number of hydrogen-bond acceptors (Lipinski definition) is 3. The Morgan fingerprint density at radius 3 is 2.72 bits per heavy atom. The van der Waals surface area contributed by atoms with Gasteiger partial charge in [-0.05, 0) is 31.9 Å². The molecule has 18 heavy (non-hydrogen) atoms. The van der Waals surface area contributed by atoms with Gasteiger partial charge < -0.3 is 14.8 Å². The Bertz CT molecular complexity index is 403. The second-order valence-electron chi connectivity index (χ2n) is 4.64. The summed E-state index contributed by atoms with van der Waals surface area (Å²) in [7, 11) is 3.38. The lowest BCUT2D eigenvalue weighted by Crippen LogP contribution is -2.35. The fourth-order valence-corrected chi connectivity index (χ4v) is 3.01. The zero-order chi connectivity index (χ0) is 13.0. The molecule has 0 aliphatic carbocycles. The Kier molecular flexibility index (Phi) is 4.89. The van der Waals surface area contributed by atoms with E-state index >= 15 is 0 Å². The first-order chi connectivity index (χ1) is 8.74. The van der Waals surface area contributed by atoms with Crippen LogP contribution in [0.1, 0.15) is 24.8 Å². The first-order valence-corrected chi connectivity index (χ1v) is 7.17. The van der Waals surface area contributed by atoms with E-state index in [4.69, 9.17) is 9.47 Å². The lowest BCUT2D eigenvalue weighted by Gasteiger charge is -2.25. The van der Waals surface area contributed by atoms with E-state index in [-0.39, 0.29) is 0 Å². The Morgan fingerprint density at radius 1 is 1.28 bits per heavy atom. The number of benzene rings is 1. The van der Waals surface area contributed by atoms with Gasteiger partial charge in [-0.2, -0.15) is 0 Å². The van der Waals surface area contributed by atoms with Crippen LogP contribution in [-0.2, 0) is 6.42 Å². The molecule has 1 fully saturated rings. The molecule has 1 aliphatic heterocycles. The van der Waals surface area contributed by atoms with Crippen molar-refractivity contribution in [3.63, 3.8) is 0 Å². The van der Waals surface area contributed by atoms with E-state index in [1.165, 1.54) is 24.8 Å². The van der Waals surface area contributed by atoms with Crippen molar-refractivity contribution in [1.29, 1.82) is 0 Å². The minimum absolute atomic E-state index is 0.553. The maximum atomic E-state index is 5.47. The Labute approximate surface area is 117 Å². The van der Waals surface area contributed by atoms with Gasteiger partial charge in [0.15, 0.2) is 0 Å². The van der Waals surface area contributed by atoms with Crippen LogP contribution in [0.15, 0.2) is 16.6 Å². The summed E-state index contributed by atoms with van der Waals surface area (Å²) in [6.07, 6.45) is 4.83. The van der Waals surface area contributed by atoms with Gasteiger partial charge in [0, 0.05) is 22.1 Å². The van der Waals surface area contributed by atoms with E-state index in [1.807, 2.05) is 12.1 Å². The van der Waals surface area contributed by atoms with E-state index < -0.39 is 0 Å². The molecule has 1 N–H and O–H groups in total. The Hall–Kier alpha value is -0.740. The van der Waals surface area contributed by atoms with Gasteiger partial charge in [0.05, 0.1) is 14.2 Å². The molecular formula is C14H20BrNO2. The summed E-state index contributed by atoms with van der Waals surface area (Å²) in [5.41, 5.74) is 1.22. The van der Waals surface area contributed by atoms with Gasteiger partial charge in [0.25, 0.3) is 0 Å². The molecule has 0 spiro atoms. The summed E-state index contributed by atoms with van der Waals surface area (Å²) >= 11 is 3.62. The predicted molar refractivity (Wildman–Crippen MR) is 76.6 cm³/mol. The van der Waals surface area contributed by atoms with Crippen molar-refractivity contribution in [2.75, 3.05) is 20.8 Å². The molecule has 0 radical (unpaired) electrons. The third-order valence-corrected chi connectivity index (χ3v) is 4.15. The van der Waals surface area contributed by atoms with Gasteiger partial charge >= 0.3 is 0 Å². The van der Waals surface area contributed by atoms with Crippen LogP contribution in [0, 0.1) is 0 Å². The van der Waals surface area contributed by atoms with Crippen molar-refractivity contribution < 1.29 is 9.47 Å². The van der Waals surface area contributed by atoms with Crippen LogP contribution < -0.4 is 14.8 Å². The molecule has 1 unspecified atom stereocenters. The number of halogens is 1. The van der Waals surface area contributed by atoms with Crippen molar-refractivity contribution in [3.8, 4) is 11.5 Å². The molecule has 0 aromatic heterocycles. The van der Waals surface area contributed by atoms with E-state index in [2.05, 4.69) is 21.2 Å². The summed E-state index contributed by atoms with van der Waals surface area (Å²) in [5, 5.41) is 3.57. The van der Waals surface area contributed by atoms with Crippen LogP contribution in [0.2, 0.25) is 0 Å². The SMILES string of the molecule is COc1cc(Br)c(CC2CCCCN2)c(OC)c1. The highest BCUT2D eigenvalue weighted by Crippen LogP contribution is 2.33. The molecule has 1 atom stereocenters. The summed E-state index contributed by atoms with van der Waals surface area (Å²) in [5.74, 6) is 1.72. The van der Waals surface area contributed by atoms with Crippen molar-refractivity contribution in [2.24, 2.45) is 0 Å². The van der Waals surface area contributed by atoms with Crippen LogP contribution >= 0.6 is 15.9 Å². The van der Waals surface area contributed by atoms with E-state index in [1.54, 1.807) is 14.2 Å². The average Bonchev–Trinajstić information content (AvgIpc) is 2.42. The summed E-state index contributed by atoms with van der Waals surface area (Å²) in [4.78, 5) is 0. The highest BCUT2D eigenvalue weighted by molar-refractivity contribution is 9.10. The van der Waals surface area contributed by atoms with Crippen LogP contribution in [0.25, 0.3) is 0 Å². The standard InChI is InChI=1S/C14H20BrNO2/c1-17-11-8-13(15)12(14(9-11)18-2)7-10-5-3-4-6-16-10/h8-10,16H,3-7H2,1-2H3. The van der Waals surface area contributed by atoms with Crippen molar-refractivity contribution in [1.82, 2.24) is 5.32 Å². The van der Waals surface area contributed by atoms with Gasteiger partial charge in [-0.3, -0.25) is 0 Å². The lowest BCUT2D eigenvalue weighted by molar-refractivity contribution is 0.374. The second-order valence-corrected chi connectivity index (χ2v) is 5.50. The third-order valence-electron chi connectivity index (χ3n) is 3.45. The molecule has 4 heteroatoms. The van der Waals surface area contributed by atoms with Gasteiger partial charge in [-0.25, -0.2) is 0 Å². The molecule has 1 saturated heterocycles. The van der Waals surface area contributed by atoms with Crippen molar-refractivity contribution in [3.05, 3.63) is 22.2 Å². The zero-order valence-corrected chi connectivity index (χ0v) is 12.5. The van der Waals surface area contributed by atoms with Crippen molar-refractivity contribution >= 4 is 15.9 Å². The fraction of sp³-hybridized carbons (Fsp3) is 0.571. The first kappa shape index (κ1) is 13.7. The number of hydrogen-bond donors (Lipinski definition) is 1. The summed E-state index contributed by atoms with van der Waals surface area (Å²) in [6, 6.07) is 4.50. The number of rotatable bonds is 4. The van der Waals surface area contributed by atoms with Crippen LogP contribution in [0.4, 0.5) is 0 Å². The highest BCUT2D eigenvalue weighted by atomic mass is 79.9. The normalized spacial score (nSPS) is 19.6. The van der Waals surface area contributed by atoms with E-state index in [0.29, 0.717) is 6.04 Å². The quantitative estimate of drug-likeness (QED) is 0.926. The van der Waals surface area contributed by atoms with E-state index in [9.17, 15) is 0 Å². The molecule has 1 aromatic rings. The minimum Gasteiger partial charge on any atom is -0.497 e. The predicted octanol–water partition coefficient (Wildman–Crippen LogP) is 3.15. The lowest BCUT2D eigenvalue weighted by atomic mass is 9.97. The molecule has 3 nitrogen and oxygen atoms in total. The van der Waals surface area contributed by atoms with Crippen LogP contribution in [0.5, 0.6) is 11.5 Å². The van der Waals surface area contributed by atoms with Gasteiger partial charge in [-0.1, -0.05) is 22.4 Å². The smallest absolute Gasteiger partial charge is 0.126 e. The maximum Gasteiger partial charge on any atom is 0.126 e. The number of ether oxygens (including phenoxy) is 2. The average molecular weight is 314 g/mol. The summed E-state index contributed by atoms with van der Waals surface area (Å²) < 4.78 is 11.8. The topological polar surface area (TPSA) is 30.5 Å². The number of methoxy groups -OCH3 is 2. The Balaban J connectivity index is 2.19. The second kappa shape index (κ2) is 6.43. The summed E-state index contributed by atoms with van der Waals surface area (Å²) in [6.45, 7) is 1.13. The maximum absolute atomic E-state index is 5.47. The molecule has 100 valence electrons. The molecule has 0 saturated carbocycles. The monoisotopic (exact) mass is 313 g/mol. The molecule has 0 amide bonds. The first-order valence-electron chi connectivity index (χ1n) is 6.38. The van der Waals surface area contributed by atoms with Crippen LogP contribution in [-0.4, -0.2) is 26.8 Å². The molecule has 1 aromatic carbocycles. The third kappa shape index (κ3) is 3.18. The molecule has 2 rings (SSSR count). The van der Waals surface area contributed by atoms with Gasteiger partial charge in [-0.15, -0.1) is 0 Å². The van der Waals surface area contributed by atoms with Gasteiger partial charge in [0.2, 0.25) is 0 Å². The largest absolute Gasteiger partial charge is 0.497 e. The van der Waals surface area contributed by atoms with Crippen LogP contribution in [0.3, 0.4) is 0 Å².